The molecule has 1 amide bonds. The van der Waals surface area contributed by atoms with Gasteiger partial charge in [-0.1, -0.05) is 18.0 Å². The van der Waals surface area contributed by atoms with Gasteiger partial charge in [0.15, 0.2) is 5.82 Å². The molecule has 1 atom stereocenters. The van der Waals surface area contributed by atoms with Crippen LogP contribution < -0.4 is 0 Å². The molecule has 4 rings (SSSR count). The lowest BCUT2D eigenvalue weighted by molar-refractivity contribution is -0.130. The summed E-state index contributed by atoms with van der Waals surface area (Å²) in [5.74, 6) is 1.70. The Labute approximate surface area is 165 Å². The third-order valence-electron chi connectivity index (χ3n) is 6.55. The van der Waals surface area contributed by atoms with E-state index in [1.807, 2.05) is 23.4 Å². The number of nitrogens with zero attached hydrogens (tertiary/aromatic N) is 7. The first-order valence-corrected chi connectivity index (χ1v) is 10.1. The third-order valence-corrected chi connectivity index (χ3v) is 6.55. The quantitative estimate of drug-likeness (QED) is 0.770. The van der Waals surface area contributed by atoms with Gasteiger partial charge in [0.05, 0.1) is 18.2 Å². The molecule has 2 fully saturated rings. The van der Waals surface area contributed by atoms with E-state index in [0.717, 1.165) is 36.3 Å². The van der Waals surface area contributed by atoms with E-state index < -0.39 is 0 Å². The molecule has 1 unspecified atom stereocenters. The van der Waals surface area contributed by atoms with Gasteiger partial charge < -0.3 is 9.42 Å². The normalized spacial score (nSPS) is 23.2. The topological polar surface area (TPSA) is 93.2 Å². The Kier molecular flexibility index (Phi) is 4.95. The van der Waals surface area contributed by atoms with Crippen molar-refractivity contribution in [2.45, 2.75) is 64.0 Å². The summed E-state index contributed by atoms with van der Waals surface area (Å²) in [6.45, 7) is 5.02. The second-order valence-corrected chi connectivity index (χ2v) is 8.36. The van der Waals surface area contributed by atoms with Crippen LogP contribution in [0.5, 0.6) is 0 Å². The summed E-state index contributed by atoms with van der Waals surface area (Å²) in [6.07, 6.45) is 5.83. The van der Waals surface area contributed by atoms with Crippen LogP contribution in [-0.2, 0) is 16.8 Å². The molecule has 3 heterocycles. The number of likely N-dealkylation sites (N-methyl/N-ethyl adjacent to an activating group) is 1. The van der Waals surface area contributed by atoms with Crippen LogP contribution in [-0.4, -0.2) is 68.3 Å². The summed E-state index contributed by atoms with van der Waals surface area (Å²) in [5.41, 5.74) is 1.32. The minimum Gasteiger partial charge on any atom is -0.361 e. The molecule has 1 aliphatic carbocycles. The summed E-state index contributed by atoms with van der Waals surface area (Å²) in [5, 5.41) is 16.7. The molecule has 9 nitrogen and oxygen atoms in total. The van der Waals surface area contributed by atoms with Crippen molar-refractivity contribution in [1.29, 1.82) is 0 Å². The van der Waals surface area contributed by atoms with Gasteiger partial charge in [-0.3, -0.25) is 9.69 Å². The fraction of sp³-hybridized carbons (Fsp3) is 0.737. The van der Waals surface area contributed by atoms with Gasteiger partial charge in [-0.2, -0.15) is 0 Å². The number of amides is 1. The molecule has 1 saturated carbocycles. The number of tetrazole rings is 1. The molecule has 1 aliphatic heterocycles. The Morgan fingerprint density at radius 2 is 2.04 bits per heavy atom. The fourth-order valence-electron chi connectivity index (χ4n) is 4.67. The molecular formula is C19H29N7O2. The van der Waals surface area contributed by atoms with Crippen LogP contribution in [0.15, 0.2) is 4.52 Å². The van der Waals surface area contributed by atoms with Crippen LogP contribution in [0.25, 0.3) is 0 Å². The van der Waals surface area contributed by atoms with Crippen molar-refractivity contribution in [1.82, 2.24) is 35.2 Å². The lowest BCUT2D eigenvalue weighted by Gasteiger charge is -2.35. The number of rotatable bonds is 5. The lowest BCUT2D eigenvalue weighted by atomic mass is 9.95. The van der Waals surface area contributed by atoms with Gasteiger partial charge in [-0.15, -0.1) is 5.10 Å². The molecule has 2 aromatic heterocycles. The van der Waals surface area contributed by atoms with E-state index in [1.54, 1.807) is 0 Å². The van der Waals surface area contributed by atoms with E-state index in [9.17, 15) is 4.79 Å². The minimum absolute atomic E-state index is 0.0954. The molecule has 152 valence electrons. The number of likely N-dealkylation sites (tertiary alicyclic amines) is 1. The van der Waals surface area contributed by atoms with Crippen molar-refractivity contribution in [3.8, 4) is 0 Å². The molecule has 0 N–H and O–H groups in total. The summed E-state index contributed by atoms with van der Waals surface area (Å²) >= 11 is 0. The SMILES string of the molecule is Cc1noc(C)c1CC(=O)N1CCC(c2nnnn2C2CCCC2)(N(C)C)C1. The molecule has 0 aromatic carbocycles. The molecule has 2 aromatic rings. The van der Waals surface area contributed by atoms with Gasteiger partial charge >= 0.3 is 0 Å². The molecule has 0 radical (unpaired) electrons. The summed E-state index contributed by atoms with van der Waals surface area (Å²) in [7, 11) is 4.10. The largest absolute Gasteiger partial charge is 0.361 e. The molecule has 9 heteroatoms. The maximum atomic E-state index is 13.0. The van der Waals surface area contributed by atoms with Gasteiger partial charge in [0.25, 0.3) is 0 Å². The van der Waals surface area contributed by atoms with Crippen molar-refractivity contribution in [2.24, 2.45) is 0 Å². The second-order valence-electron chi connectivity index (χ2n) is 8.36. The molecular weight excluding hydrogens is 358 g/mol. The summed E-state index contributed by atoms with van der Waals surface area (Å²) < 4.78 is 7.23. The van der Waals surface area contributed by atoms with E-state index in [4.69, 9.17) is 4.52 Å². The zero-order valence-electron chi connectivity index (χ0n) is 17.2. The Hall–Kier alpha value is -2.29. The number of carbonyl (C=O) groups is 1. The first kappa shape index (κ1) is 19.0. The van der Waals surface area contributed by atoms with Crippen LogP contribution in [0.4, 0.5) is 0 Å². The second kappa shape index (κ2) is 7.27. The fourth-order valence-corrected chi connectivity index (χ4v) is 4.67. The van der Waals surface area contributed by atoms with Gasteiger partial charge in [-0.25, -0.2) is 4.68 Å². The highest BCUT2D eigenvalue weighted by molar-refractivity contribution is 5.79. The zero-order chi connectivity index (χ0) is 19.9. The maximum Gasteiger partial charge on any atom is 0.227 e. The number of aromatic nitrogens is 5. The van der Waals surface area contributed by atoms with Crippen LogP contribution in [0.2, 0.25) is 0 Å². The van der Waals surface area contributed by atoms with Gasteiger partial charge in [0, 0.05) is 18.7 Å². The molecule has 1 saturated heterocycles. The Bertz CT molecular complexity index is 833. The average Bonchev–Trinajstić information content (AvgIpc) is 3.43. The Morgan fingerprint density at radius 3 is 2.68 bits per heavy atom. The van der Waals surface area contributed by atoms with Gasteiger partial charge in [0.1, 0.15) is 11.3 Å². The minimum atomic E-state index is -0.361. The average molecular weight is 387 g/mol. The monoisotopic (exact) mass is 387 g/mol. The Balaban J connectivity index is 1.57. The number of hydrogen-bond acceptors (Lipinski definition) is 7. The standard InChI is InChI=1S/C19H29N7O2/c1-13-16(14(2)28-21-13)11-17(27)25-10-9-19(12-25,24(3)4)18-20-22-23-26(18)15-7-5-6-8-15/h15H,5-12H2,1-4H3. The van der Waals surface area contributed by atoms with Crippen LogP contribution >= 0.6 is 0 Å². The van der Waals surface area contributed by atoms with Crippen molar-refractivity contribution >= 4 is 5.91 Å². The molecule has 2 aliphatic rings. The van der Waals surface area contributed by atoms with Crippen LogP contribution in [0, 0.1) is 13.8 Å². The summed E-state index contributed by atoms with van der Waals surface area (Å²) in [6, 6.07) is 0.369. The summed E-state index contributed by atoms with van der Waals surface area (Å²) in [4.78, 5) is 17.1. The predicted molar refractivity (Wildman–Crippen MR) is 102 cm³/mol. The molecule has 0 bridgehead atoms. The Morgan fingerprint density at radius 1 is 1.29 bits per heavy atom. The highest BCUT2D eigenvalue weighted by atomic mass is 16.5. The predicted octanol–water partition coefficient (Wildman–Crippen LogP) is 1.62. The van der Waals surface area contributed by atoms with Crippen molar-refractivity contribution in [2.75, 3.05) is 27.2 Å². The molecule has 0 spiro atoms. The van der Waals surface area contributed by atoms with E-state index in [0.29, 0.717) is 31.3 Å². The van der Waals surface area contributed by atoms with E-state index in [1.165, 1.54) is 12.8 Å². The number of carbonyl (C=O) groups excluding carboxylic acids is 1. The highest BCUT2D eigenvalue weighted by Crippen LogP contribution is 2.38. The van der Waals surface area contributed by atoms with E-state index in [-0.39, 0.29) is 11.4 Å². The molecule has 28 heavy (non-hydrogen) atoms. The van der Waals surface area contributed by atoms with E-state index >= 15 is 0 Å². The van der Waals surface area contributed by atoms with E-state index in [2.05, 4.69) is 39.7 Å². The number of hydrogen-bond donors (Lipinski definition) is 0. The van der Waals surface area contributed by atoms with Crippen LogP contribution in [0.3, 0.4) is 0 Å². The number of aryl methyl sites for hydroxylation is 2. The van der Waals surface area contributed by atoms with Crippen molar-refractivity contribution in [3.05, 3.63) is 22.8 Å². The van der Waals surface area contributed by atoms with Crippen molar-refractivity contribution in [3.63, 3.8) is 0 Å². The third kappa shape index (κ3) is 3.11. The highest BCUT2D eigenvalue weighted by Gasteiger charge is 2.48. The maximum absolute atomic E-state index is 13.0. The lowest BCUT2D eigenvalue weighted by Crippen LogP contribution is -2.47. The van der Waals surface area contributed by atoms with Crippen molar-refractivity contribution < 1.29 is 9.32 Å². The first-order chi connectivity index (χ1) is 13.4. The first-order valence-electron chi connectivity index (χ1n) is 10.1. The van der Waals surface area contributed by atoms with Crippen LogP contribution in [0.1, 0.15) is 61.0 Å². The zero-order valence-corrected chi connectivity index (χ0v) is 17.2. The van der Waals surface area contributed by atoms with Gasteiger partial charge in [0.2, 0.25) is 5.91 Å². The smallest absolute Gasteiger partial charge is 0.227 e. The van der Waals surface area contributed by atoms with Gasteiger partial charge in [-0.05, 0) is 57.6 Å².